The van der Waals surface area contributed by atoms with Gasteiger partial charge >= 0.3 is 6.18 Å². The molecule has 1 fully saturated rings. The SMILES string of the molecule is O=C(NCCCCC1CCN(S(=O)(=O)c2ccc(C(F)(F)F)cc2)CC1)C1C=c2cnccc2=N1. The molecule has 1 N–H and O–H groups in total. The number of unbranched alkanes of at least 4 members (excludes halogenated alkanes) is 1. The lowest BCUT2D eigenvalue weighted by Crippen LogP contribution is -2.38. The van der Waals surface area contributed by atoms with Crippen molar-refractivity contribution in [2.45, 2.75) is 49.2 Å². The summed E-state index contributed by atoms with van der Waals surface area (Å²) in [6, 6.07) is 4.89. The minimum atomic E-state index is -4.50. The lowest BCUT2D eigenvalue weighted by atomic mass is 9.92. The molecule has 0 bridgehead atoms. The van der Waals surface area contributed by atoms with Crippen LogP contribution >= 0.6 is 0 Å². The second-order valence-electron chi connectivity index (χ2n) is 8.83. The topological polar surface area (TPSA) is 91.7 Å². The molecule has 11 heteroatoms. The van der Waals surface area contributed by atoms with Gasteiger partial charge in [0.1, 0.15) is 6.04 Å². The van der Waals surface area contributed by atoms with E-state index in [1.807, 2.05) is 0 Å². The summed E-state index contributed by atoms with van der Waals surface area (Å²) in [5.41, 5.74) is -0.871. The smallest absolute Gasteiger partial charge is 0.354 e. The van der Waals surface area contributed by atoms with Gasteiger partial charge in [-0.15, -0.1) is 0 Å². The van der Waals surface area contributed by atoms with Crippen LogP contribution in [-0.4, -0.2) is 49.3 Å². The number of pyridine rings is 1. The molecule has 0 saturated carbocycles. The van der Waals surface area contributed by atoms with Gasteiger partial charge in [0, 0.05) is 37.2 Å². The van der Waals surface area contributed by atoms with E-state index in [1.165, 1.54) is 4.31 Å². The van der Waals surface area contributed by atoms with Crippen molar-refractivity contribution in [1.29, 1.82) is 0 Å². The van der Waals surface area contributed by atoms with Gasteiger partial charge in [-0.25, -0.2) is 8.42 Å². The molecule has 0 radical (unpaired) electrons. The molecule has 4 rings (SSSR count). The molecule has 1 unspecified atom stereocenters. The highest BCUT2D eigenvalue weighted by Crippen LogP contribution is 2.31. The van der Waals surface area contributed by atoms with E-state index in [9.17, 15) is 26.4 Å². The zero-order valence-electron chi connectivity index (χ0n) is 19.0. The molecule has 1 amide bonds. The van der Waals surface area contributed by atoms with Crippen LogP contribution in [-0.2, 0) is 21.0 Å². The van der Waals surface area contributed by atoms with Crippen molar-refractivity contribution in [1.82, 2.24) is 14.6 Å². The summed E-state index contributed by atoms with van der Waals surface area (Å²) in [5.74, 6) is 0.243. The average molecular weight is 509 g/mol. The molecule has 1 aromatic carbocycles. The van der Waals surface area contributed by atoms with Gasteiger partial charge in [0.25, 0.3) is 0 Å². The minimum absolute atomic E-state index is 0.120. The number of hydrogen-bond donors (Lipinski definition) is 1. The standard InChI is InChI=1S/C24H27F3N4O3S/c25-24(26,27)19-4-6-20(7-5-19)35(33,34)31-13-9-17(10-14-31)3-1-2-11-29-23(32)22-15-18-16-28-12-8-21(18)30-22/h4-8,12,15-17,22H,1-3,9-11,13-14H2,(H,29,32). The predicted octanol–water partition coefficient (Wildman–Crippen LogP) is 2.27. The van der Waals surface area contributed by atoms with Gasteiger partial charge in [-0.05, 0) is 61.6 Å². The molecule has 2 aromatic rings. The molecule has 7 nitrogen and oxygen atoms in total. The summed E-state index contributed by atoms with van der Waals surface area (Å²) in [6.45, 7) is 1.24. The van der Waals surface area contributed by atoms with E-state index in [1.54, 1.807) is 24.5 Å². The first-order chi connectivity index (χ1) is 16.6. The van der Waals surface area contributed by atoms with Crippen molar-refractivity contribution in [3.05, 3.63) is 58.9 Å². The van der Waals surface area contributed by atoms with Crippen LogP contribution in [0.1, 0.15) is 37.7 Å². The van der Waals surface area contributed by atoms with E-state index >= 15 is 0 Å². The molecular weight excluding hydrogens is 481 g/mol. The minimum Gasteiger partial charge on any atom is -0.354 e. The number of piperidine rings is 1. The summed E-state index contributed by atoms with van der Waals surface area (Å²) in [7, 11) is -3.81. The molecule has 0 spiro atoms. The Labute approximate surface area is 201 Å². The third-order valence-corrected chi connectivity index (χ3v) is 8.36. The maximum Gasteiger partial charge on any atom is 0.416 e. The van der Waals surface area contributed by atoms with Crippen LogP contribution in [0.4, 0.5) is 13.2 Å². The summed E-state index contributed by atoms with van der Waals surface area (Å²) in [6.07, 6.45) is 4.69. The molecule has 188 valence electrons. The highest BCUT2D eigenvalue weighted by atomic mass is 32.2. The summed E-state index contributed by atoms with van der Waals surface area (Å²) in [5, 5.41) is 4.54. The van der Waals surface area contributed by atoms with E-state index in [0.717, 1.165) is 54.1 Å². The number of sulfonamides is 1. The van der Waals surface area contributed by atoms with Gasteiger partial charge < -0.3 is 5.32 Å². The second-order valence-corrected chi connectivity index (χ2v) is 10.8. The number of nitrogens with one attached hydrogen (secondary N) is 1. The Bertz CT molecular complexity index is 1240. The fraction of sp³-hybridized carbons (Fsp3) is 0.458. The predicted molar refractivity (Wildman–Crippen MR) is 123 cm³/mol. The second kappa shape index (κ2) is 10.4. The number of fused-ring (bicyclic) bond motifs is 1. The maximum atomic E-state index is 12.8. The van der Waals surface area contributed by atoms with E-state index < -0.39 is 27.8 Å². The molecule has 1 saturated heterocycles. The van der Waals surface area contributed by atoms with Crippen LogP contribution in [0.15, 0.2) is 52.6 Å². The monoisotopic (exact) mass is 508 g/mol. The highest BCUT2D eigenvalue weighted by Gasteiger charge is 2.32. The number of alkyl halides is 3. The molecule has 0 aliphatic carbocycles. The van der Waals surface area contributed by atoms with Crippen LogP contribution in [0.3, 0.4) is 0 Å². The van der Waals surface area contributed by atoms with Gasteiger partial charge in [-0.2, -0.15) is 17.5 Å². The fourth-order valence-corrected chi connectivity index (χ4v) is 5.88. The third kappa shape index (κ3) is 6.07. The highest BCUT2D eigenvalue weighted by molar-refractivity contribution is 7.89. The van der Waals surface area contributed by atoms with Gasteiger partial charge in [-0.1, -0.05) is 12.8 Å². The lowest BCUT2D eigenvalue weighted by molar-refractivity contribution is -0.137. The van der Waals surface area contributed by atoms with Crippen LogP contribution in [0.2, 0.25) is 0 Å². The van der Waals surface area contributed by atoms with Gasteiger partial charge in [-0.3, -0.25) is 14.8 Å². The molecule has 2 aliphatic heterocycles. The van der Waals surface area contributed by atoms with Crippen LogP contribution in [0.25, 0.3) is 6.08 Å². The number of halogens is 3. The van der Waals surface area contributed by atoms with Crippen molar-refractivity contribution in [2.75, 3.05) is 19.6 Å². The molecule has 3 heterocycles. The Hall–Kier alpha value is -2.79. The van der Waals surface area contributed by atoms with Crippen molar-refractivity contribution in [2.24, 2.45) is 10.9 Å². The number of benzene rings is 1. The lowest BCUT2D eigenvalue weighted by Gasteiger charge is -2.31. The van der Waals surface area contributed by atoms with Crippen molar-refractivity contribution in [3.8, 4) is 0 Å². The van der Waals surface area contributed by atoms with Crippen LogP contribution in [0.5, 0.6) is 0 Å². The van der Waals surface area contributed by atoms with Crippen molar-refractivity contribution < 1.29 is 26.4 Å². The Morgan fingerprint density at radius 3 is 2.46 bits per heavy atom. The maximum absolute atomic E-state index is 12.8. The van der Waals surface area contributed by atoms with Gasteiger partial charge in [0.2, 0.25) is 15.9 Å². The normalized spacial score (nSPS) is 19.0. The quantitative estimate of drug-likeness (QED) is 0.554. The first-order valence-electron chi connectivity index (χ1n) is 11.6. The molecule has 1 aromatic heterocycles. The molecule has 35 heavy (non-hydrogen) atoms. The Kier molecular flexibility index (Phi) is 7.56. The molecule has 2 aliphatic rings. The number of hydrogen-bond acceptors (Lipinski definition) is 5. The fourth-order valence-electron chi connectivity index (χ4n) is 4.41. The zero-order valence-corrected chi connectivity index (χ0v) is 19.9. The Morgan fingerprint density at radius 2 is 1.80 bits per heavy atom. The van der Waals surface area contributed by atoms with E-state index in [-0.39, 0.29) is 10.8 Å². The van der Waals surface area contributed by atoms with Crippen LogP contribution in [0, 0.1) is 5.92 Å². The van der Waals surface area contributed by atoms with Crippen molar-refractivity contribution in [3.63, 3.8) is 0 Å². The Morgan fingerprint density at radius 1 is 1.09 bits per heavy atom. The van der Waals surface area contributed by atoms with E-state index in [0.29, 0.717) is 38.4 Å². The van der Waals surface area contributed by atoms with Gasteiger partial charge in [0.05, 0.1) is 15.8 Å². The van der Waals surface area contributed by atoms with Crippen LogP contribution < -0.4 is 15.9 Å². The average Bonchev–Trinajstić information content (AvgIpc) is 3.28. The zero-order chi connectivity index (χ0) is 25.1. The van der Waals surface area contributed by atoms with E-state index in [4.69, 9.17) is 0 Å². The van der Waals surface area contributed by atoms with E-state index in [2.05, 4.69) is 15.3 Å². The number of carbonyl (C=O) groups is 1. The number of aromatic nitrogens is 1. The summed E-state index contributed by atoms with van der Waals surface area (Å²) < 4.78 is 65.1. The number of amides is 1. The molecule has 1 atom stereocenters. The summed E-state index contributed by atoms with van der Waals surface area (Å²) >= 11 is 0. The van der Waals surface area contributed by atoms with Crippen molar-refractivity contribution >= 4 is 22.0 Å². The Balaban J connectivity index is 1.16. The number of carbonyl (C=O) groups excluding carboxylic acids is 1. The first-order valence-corrected chi connectivity index (χ1v) is 13.0. The molecular formula is C24H27F3N4O3S. The van der Waals surface area contributed by atoms with Gasteiger partial charge in [0.15, 0.2) is 0 Å². The number of nitrogens with zero attached hydrogens (tertiary/aromatic N) is 3. The first kappa shape index (κ1) is 25.3. The summed E-state index contributed by atoms with van der Waals surface area (Å²) in [4.78, 5) is 20.6. The third-order valence-electron chi connectivity index (χ3n) is 6.44. The largest absolute Gasteiger partial charge is 0.416 e. The number of rotatable bonds is 8.